The lowest BCUT2D eigenvalue weighted by Crippen LogP contribution is -2.50. The number of hydrogen-bond donors (Lipinski definition) is 1. The van der Waals surface area contributed by atoms with Gasteiger partial charge in [-0.2, -0.15) is 0 Å². The molecular formula is C14H28N2O. The maximum Gasteiger partial charge on any atom is 0.239 e. The Morgan fingerprint density at radius 1 is 1.29 bits per heavy atom. The van der Waals surface area contributed by atoms with Crippen LogP contribution in [-0.4, -0.2) is 29.9 Å². The summed E-state index contributed by atoms with van der Waals surface area (Å²) in [5.74, 6) is 1.95. The van der Waals surface area contributed by atoms with Gasteiger partial charge in [-0.15, -0.1) is 0 Å². The zero-order valence-corrected chi connectivity index (χ0v) is 11.8. The van der Waals surface area contributed by atoms with Gasteiger partial charge in [-0.1, -0.05) is 34.1 Å². The first-order valence-electron chi connectivity index (χ1n) is 7.01. The SMILES string of the molecule is CCC(C)[C@H](N)C(=O)N1CCC(C(C)C)CC1. The third-order valence-corrected chi connectivity index (χ3v) is 4.34. The van der Waals surface area contributed by atoms with E-state index >= 15 is 0 Å². The molecule has 0 spiro atoms. The van der Waals surface area contributed by atoms with E-state index in [1.165, 1.54) is 0 Å². The Morgan fingerprint density at radius 3 is 2.24 bits per heavy atom. The van der Waals surface area contributed by atoms with Crippen LogP contribution in [0, 0.1) is 17.8 Å². The summed E-state index contributed by atoms with van der Waals surface area (Å²) in [5, 5.41) is 0. The van der Waals surface area contributed by atoms with Crippen LogP contribution in [0.15, 0.2) is 0 Å². The van der Waals surface area contributed by atoms with Crippen LogP contribution in [0.2, 0.25) is 0 Å². The van der Waals surface area contributed by atoms with Gasteiger partial charge in [0.15, 0.2) is 0 Å². The number of carbonyl (C=O) groups is 1. The van der Waals surface area contributed by atoms with Crippen molar-refractivity contribution in [3.8, 4) is 0 Å². The third kappa shape index (κ3) is 3.70. The van der Waals surface area contributed by atoms with E-state index < -0.39 is 0 Å². The average molecular weight is 240 g/mol. The molecule has 1 fully saturated rings. The van der Waals surface area contributed by atoms with Gasteiger partial charge < -0.3 is 10.6 Å². The molecular weight excluding hydrogens is 212 g/mol. The summed E-state index contributed by atoms with van der Waals surface area (Å²) in [6.07, 6.45) is 3.24. The van der Waals surface area contributed by atoms with E-state index in [0.29, 0.717) is 0 Å². The summed E-state index contributed by atoms with van der Waals surface area (Å²) < 4.78 is 0. The van der Waals surface area contributed by atoms with Crippen LogP contribution in [0.1, 0.15) is 47.0 Å². The van der Waals surface area contributed by atoms with E-state index in [-0.39, 0.29) is 17.9 Å². The molecule has 0 aromatic rings. The van der Waals surface area contributed by atoms with Crippen LogP contribution >= 0.6 is 0 Å². The predicted molar refractivity (Wildman–Crippen MR) is 71.6 cm³/mol. The lowest BCUT2D eigenvalue weighted by molar-refractivity contribution is -0.135. The molecule has 1 unspecified atom stereocenters. The van der Waals surface area contributed by atoms with Gasteiger partial charge in [0.1, 0.15) is 0 Å². The second-order valence-corrected chi connectivity index (χ2v) is 5.82. The van der Waals surface area contributed by atoms with Crippen molar-refractivity contribution in [3.63, 3.8) is 0 Å². The highest BCUT2D eigenvalue weighted by Gasteiger charge is 2.29. The number of carbonyl (C=O) groups excluding carboxylic acids is 1. The van der Waals surface area contributed by atoms with Gasteiger partial charge in [-0.3, -0.25) is 4.79 Å². The Balaban J connectivity index is 2.46. The van der Waals surface area contributed by atoms with Crippen molar-refractivity contribution in [2.45, 2.75) is 53.0 Å². The Kier molecular flexibility index (Phi) is 5.44. The van der Waals surface area contributed by atoms with E-state index in [2.05, 4.69) is 27.7 Å². The summed E-state index contributed by atoms with van der Waals surface area (Å²) in [7, 11) is 0. The van der Waals surface area contributed by atoms with Crippen LogP contribution in [0.25, 0.3) is 0 Å². The van der Waals surface area contributed by atoms with Gasteiger partial charge in [-0.25, -0.2) is 0 Å². The zero-order chi connectivity index (χ0) is 13.0. The predicted octanol–water partition coefficient (Wildman–Crippen LogP) is 2.25. The van der Waals surface area contributed by atoms with Crippen LogP contribution in [-0.2, 0) is 4.79 Å². The van der Waals surface area contributed by atoms with Crippen LogP contribution in [0.5, 0.6) is 0 Å². The Morgan fingerprint density at radius 2 is 1.82 bits per heavy atom. The van der Waals surface area contributed by atoms with E-state index in [4.69, 9.17) is 5.73 Å². The molecule has 100 valence electrons. The minimum absolute atomic E-state index is 0.154. The maximum absolute atomic E-state index is 12.2. The number of rotatable bonds is 4. The Labute approximate surface area is 106 Å². The second kappa shape index (κ2) is 6.39. The Bertz CT molecular complexity index is 245. The highest BCUT2D eigenvalue weighted by Crippen LogP contribution is 2.25. The van der Waals surface area contributed by atoms with E-state index in [9.17, 15) is 4.79 Å². The first-order chi connectivity index (χ1) is 7.97. The van der Waals surface area contributed by atoms with Gasteiger partial charge in [0.05, 0.1) is 6.04 Å². The molecule has 1 aliphatic rings. The van der Waals surface area contributed by atoms with Crippen molar-refractivity contribution >= 4 is 5.91 Å². The number of nitrogens with two attached hydrogens (primary N) is 1. The number of piperidine rings is 1. The quantitative estimate of drug-likeness (QED) is 0.819. The van der Waals surface area contributed by atoms with Crippen LogP contribution in [0.4, 0.5) is 0 Å². The van der Waals surface area contributed by atoms with Crippen LogP contribution < -0.4 is 5.73 Å². The van der Waals surface area contributed by atoms with Crippen molar-refractivity contribution in [3.05, 3.63) is 0 Å². The highest BCUT2D eigenvalue weighted by atomic mass is 16.2. The van der Waals surface area contributed by atoms with Crippen molar-refractivity contribution in [1.29, 1.82) is 0 Å². The maximum atomic E-state index is 12.2. The van der Waals surface area contributed by atoms with Gasteiger partial charge in [0.2, 0.25) is 5.91 Å². The van der Waals surface area contributed by atoms with Gasteiger partial charge >= 0.3 is 0 Å². The fourth-order valence-electron chi connectivity index (χ4n) is 2.49. The molecule has 0 aliphatic carbocycles. The molecule has 0 saturated carbocycles. The van der Waals surface area contributed by atoms with E-state index in [1.54, 1.807) is 0 Å². The fraction of sp³-hybridized carbons (Fsp3) is 0.929. The molecule has 0 aromatic heterocycles. The summed E-state index contributed by atoms with van der Waals surface area (Å²) in [5.41, 5.74) is 6.01. The van der Waals surface area contributed by atoms with Gasteiger partial charge in [-0.05, 0) is 30.6 Å². The zero-order valence-electron chi connectivity index (χ0n) is 11.8. The Hall–Kier alpha value is -0.570. The molecule has 1 rings (SSSR count). The van der Waals surface area contributed by atoms with Gasteiger partial charge in [0.25, 0.3) is 0 Å². The standard InChI is InChI=1S/C14H28N2O/c1-5-11(4)13(15)14(17)16-8-6-12(7-9-16)10(2)3/h10-13H,5-9,15H2,1-4H3/t11?,13-/m0/s1. The molecule has 2 N–H and O–H groups in total. The normalized spacial score (nSPS) is 21.6. The van der Waals surface area contributed by atoms with Crippen LogP contribution in [0.3, 0.4) is 0 Å². The van der Waals surface area contributed by atoms with E-state index in [1.807, 2.05) is 4.90 Å². The highest BCUT2D eigenvalue weighted by molar-refractivity contribution is 5.82. The lowest BCUT2D eigenvalue weighted by Gasteiger charge is -2.36. The van der Waals surface area contributed by atoms with Gasteiger partial charge in [0, 0.05) is 13.1 Å². The lowest BCUT2D eigenvalue weighted by atomic mass is 9.86. The molecule has 1 aliphatic heterocycles. The topological polar surface area (TPSA) is 46.3 Å². The average Bonchev–Trinajstić information content (AvgIpc) is 2.36. The number of likely N-dealkylation sites (tertiary alicyclic amines) is 1. The fourth-order valence-corrected chi connectivity index (χ4v) is 2.49. The van der Waals surface area contributed by atoms with Crippen molar-refractivity contribution < 1.29 is 4.79 Å². The van der Waals surface area contributed by atoms with E-state index in [0.717, 1.165) is 44.2 Å². The largest absolute Gasteiger partial charge is 0.341 e. The molecule has 1 saturated heterocycles. The molecule has 2 atom stereocenters. The molecule has 1 heterocycles. The molecule has 3 heteroatoms. The number of nitrogens with zero attached hydrogens (tertiary/aromatic N) is 1. The third-order valence-electron chi connectivity index (χ3n) is 4.34. The monoisotopic (exact) mass is 240 g/mol. The summed E-state index contributed by atoms with van der Waals surface area (Å²) in [6, 6.07) is -0.310. The van der Waals surface area contributed by atoms with Crippen molar-refractivity contribution in [2.75, 3.05) is 13.1 Å². The number of amides is 1. The summed E-state index contributed by atoms with van der Waals surface area (Å²) in [4.78, 5) is 14.1. The summed E-state index contributed by atoms with van der Waals surface area (Å²) in [6.45, 7) is 10.5. The first-order valence-corrected chi connectivity index (χ1v) is 7.01. The molecule has 3 nitrogen and oxygen atoms in total. The molecule has 1 amide bonds. The summed E-state index contributed by atoms with van der Waals surface area (Å²) >= 11 is 0. The second-order valence-electron chi connectivity index (χ2n) is 5.82. The molecule has 0 aromatic carbocycles. The number of hydrogen-bond acceptors (Lipinski definition) is 2. The van der Waals surface area contributed by atoms with Crippen molar-refractivity contribution in [1.82, 2.24) is 4.90 Å². The molecule has 17 heavy (non-hydrogen) atoms. The first kappa shape index (κ1) is 14.5. The minimum Gasteiger partial charge on any atom is -0.341 e. The van der Waals surface area contributed by atoms with Crippen molar-refractivity contribution in [2.24, 2.45) is 23.5 Å². The molecule has 0 bridgehead atoms. The molecule has 0 radical (unpaired) electrons. The minimum atomic E-state index is -0.310. The smallest absolute Gasteiger partial charge is 0.239 e.